The monoisotopic (exact) mass is 410 g/mol. The van der Waals surface area contributed by atoms with Gasteiger partial charge in [0.05, 0.1) is 16.8 Å². The summed E-state index contributed by atoms with van der Waals surface area (Å²) in [5.74, 6) is 0.533. The number of nitrogens with one attached hydrogen (secondary N) is 1. The van der Waals surface area contributed by atoms with Gasteiger partial charge >= 0.3 is 0 Å². The molecule has 28 heavy (non-hydrogen) atoms. The summed E-state index contributed by atoms with van der Waals surface area (Å²) in [5.41, 5.74) is 3.20. The highest BCUT2D eigenvalue weighted by Crippen LogP contribution is 2.20. The van der Waals surface area contributed by atoms with E-state index in [1.807, 2.05) is 12.1 Å². The van der Waals surface area contributed by atoms with E-state index >= 15 is 0 Å². The zero-order chi connectivity index (χ0) is 20.2. The van der Waals surface area contributed by atoms with Gasteiger partial charge in [-0.2, -0.15) is 8.42 Å². The molecule has 0 amide bonds. The molecule has 0 unspecified atom stereocenters. The molecule has 3 N–H and O–H groups in total. The number of aromatic nitrogens is 2. The Balaban J connectivity index is 1.71. The van der Waals surface area contributed by atoms with E-state index in [4.69, 9.17) is 9.66 Å². The van der Waals surface area contributed by atoms with Gasteiger partial charge in [0.2, 0.25) is 0 Å². The number of unbranched alkanes of at least 4 members (excludes halogenated alkanes) is 8. The molecule has 0 spiro atoms. The quantitative estimate of drug-likeness (QED) is 0.298. The van der Waals surface area contributed by atoms with Crippen LogP contribution in [0.5, 0.6) is 0 Å². The van der Waals surface area contributed by atoms with Crippen LogP contribution in [0.4, 0.5) is 0 Å². The van der Waals surface area contributed by atoms with Crippen LogP contribution < -0.4 is 0 Å². The number of fused-ring (bicyclic) bond motifs is 1. The molecule has 1 heterocycles. The molecule has 0 aliphatic heterocycles. The number of aliphatic hydroxyl groups excluding tert-OH is 1. The zero-order valence-electron chi connectivity index (χ0n) is 16.7. The van der Waals surface area contributed by atoms with Crippen LogP contribution in [-0.4, -0.2) is 40.4 Å². The van der Waals surface area contributed by atoms with Crippen LogP contribution >= 0.6 is 0 Å². The van der Waals surface area contributed by atoms with Crippen molar-refractivity contribution in [3.05, 3.63) is 29.6 Å². The summed E-state index contributed by atoms with van der Waals surface area (Å²) >= 11 is 0. The van der Waals surface area contributed by atoms with Crippen LogP contribution in [0.15, 0.2) is 18.2 Å². The number of aryl methyl sites for hydroxylation is 2. The number of benzene rings is 1. The molecule has 0 fully saturated rings. The third-order valence-corrected chi connectivity index (χ3v) is 5.87. The maximum Gasteiger partial charge on any atom is 0.264 e. The van der Waals surface area contributed by atoms with Gasteiger partial charge in [-0.25, -0.2) is 4.98 Å². The fraction of sp³-hybridized carbons (Fsp3) is 0.667. The lowest BCUT2D eigenvalue weighted by Crippen LogP contribution is -2.05. The SMILES string of the molecule is O=S(=O)(O)CCCc1nc2c(CCCCCCCCCCCO)cccc2[nH]1. The van der Waals surface area contributed by atoms with E-state index in [1.165, 1.54) is 44.1 Å². The normalized spacial score (nSPS) is 12.1. The molecular weight excluding hydrogens is 376 g/mol. The second kappa shape index (κ2) is 12.2. The fourth-order valence-corrected chi connectivity index (χ4v) is 4.06. The van der Waals surface area contributed by atoms with Crippen molar-refractivity contribution in [3.63, 3.8) is 0 Å². The van der Waals surface area contributed by atoms with Gasteiger partial charge in [-0.15, -0.1) is 0 Å². The molecule has 7 heteroatoms. The first-order valence-corrected chi connectivity index (χ1v) is 12.1. The first-order valence-electron chi connectivity index (χ1n) is 10.5. The smallest absolute Gasteiger partial charge is 0.264 e. The van der Waals surface area contributed by atoms with Crippen molar-refractivity contribution in [2.24, 2.45) is 0 Å². The van der Waals surface area contributed by atoms with E-state index in [0.29, 0.717) is 19.4 Å². The Kier molecular flexibility index (Phi) is 9.95. The predicted molar refractivity (Wildman–Crippen MR) is 113 cm³/mol. The van der Waals surface area contributed by atoms with E-state index in [-0.39, 0.29) is 5.75 Å². The van der Waals surface area contributed by atoms with E-state index in [0.717, 1.165) is 42.5 Å². The van der Waals surface area contributed by atoms with Crippen molar-refractivity contribution in [2.75, 3.05) is 12.4 Å². The minimum absolute atomic E-state index is 0.238. The molecule has 0 radical (unpaired) electrons. The molecule has 2 rings (SSSR count). The molecule has 0 aliphatic rings. The van der Waals surface area contributed by atoms with Crippen LogP contribution in [0.1, 0.15) is 75.6 Å². The van der Waals surface area contributed by atoms with Crippen LogP contribution in [0, 0.1) is 0 Å². The summed E-state index contributed by atoms with van der Waals surface area (Å²) in [5, 5.41) is 8.76. The second-order valence-electron chi connectivity index (χ2n) is 7.54. The highest BCUT2D eigenvalue weighted by molar-refractivity contribution is 7.85. The third-order valence-electron chi connectivity index (χ3n) is 5.07. The van der Waals surface area contributed by atoms with E-state index in [2.05, 4.69) is 16.0 Å². The van der Waals surface area contributed by atoms with Crippen LogP contribution in [0.3, 0.4) is 0 Å². The van der Waals surface area contributed by atoms with Crippen LogP contribution in [-0.2, 0) is 23.0 Å². The van der Waals surface area contributed by atoms with Crippen molar-refractivity contribution in [1.29, 1.82) is 0 Å². The number of imidazole rings is 1. The molecule has 0 saturated heterocycles. The Morgan fingerprint density at radius 2 is 1.50 bits per heavy atom. The third kappa shape index (κ3) is 8.71. The maximum atomic E-state index is 10.8. The van der Waals surface area contributed by atoms with Crippen LogP contribution in [0.2, 0.25) is 0 Å². The number of para-hydroxylation sites is 1. The number of aliphatic hydroxyl groups is 1. The Morgan fingerprint density at radius 3 is 2.14 bits per heavy atom. The van der Waals surface area contributed by atoms with Crippen molar-refractivity contribution in [3.8, 4) is 0 Å². The van der Waals surface area contributed by atoms with E-state index < -0.39 is 10.1 Å². The molecule has 0 aliphatic carbocycles. The summed E-state index contributed by atoms with van der Waals surface area (Å²) in [7, 11) is -3.91. The lowest BCUT2D eigenvalue weighted by atomic mass is 10.0. The number of nitrogens with zero attached hydrogens (tertiary/aromatic N) is 1. The lowest BCUT2D eigenvalue weighted by Gasteiger charge is -2.04. The maximum absolute atomic E-state index is 10.8. The number of hydrogen-bond acceptors (Lipinski definition) is 4. The summed E-state index contributed by atoms with van der Waals surface area (Å²) in [6.45, 7) is 0.314. The van der Waals surface area contributed by atoms with Gasteiger partial charge in [-0.1, -0.05) is 57.1 Å². The summed E-state index contributed by atoms with van der Waals surface area (Å²) in [6, 6.07) is 6.14. The minimum Gasteiger partial charge on any atom is -0.396 e. The largest absolute Gasteiger partial charge is 0.396 e. The first-order chi connectivity index (χ1) is 13.5. The highest BCUT2D eigenvalue weighted by Gasteiger charge is 2.09. The van der Waals surface area contributed by atoms with Crippen LogP contribution in [0.25, 0.3) is 11.0 Å². The molecule has 0 bridgehead atoms. The molecule has 0 atom stereocenters. The average Bonchev–Trinajstić information content (AvgIpc) is 3.06. The molecule has 6 nitrogen and oxygen atoms in total. The fourth-order valence-electron chi connectivity index (χ4n) is 3.55. The van der Waals surface area contributed by atoms with Crippen molar-refractivity contribution in [1.82, 2.24) is 9.97 Å². The molecule has 2 aromatic rings. The minimum atomic E-state index is -3.91. The second-order valence-corrected chi connectivity index (χ2v) is 9.11. The first kappa shape index (κ1) is 22.8. The van der Waals surface area contributed by atoms with Crippen molar-refractivity contribution >= 4 is 21.2 Å². The van der Waals surface area contributed by atoms with Gasteiger partial charge in [0.1, 0.15) is 5.82 Å². The highest BCUT2D eigenvalue weighted by atomic mass is 32.2. The van der Waals surface area contributed by atoms with Gasteiger partial charge in [0, 0.05) is 13.0 Å². The van der Waals surface area contributed by atoms with E-state index in [9.17, 15) is 8.42 Å². The topological polar surface area (TPSA) is 103 Å². The van der Waals surface area contributed by atoms with Crippen molar-refractivity contribution < 1.29 is 18.1 Å². The Hall–Kier alpha value is -1.44. The predicted octanol–water partition coefficient (Wildman–Crippen LogP) is 4.43. The Bertz CT molecular complexity index is 802. The Labute approximate surface area is 168 Å². The number of aromatic amines is 1. The van der Waals surface area contributed by atoms with Gasteiger partial charge in [-0.05, 0) is 37.3 Å². The van der Waals surface area contributed by atoms with Crippen molar-refractivity contribution in [2.45, 2.75) is 77.0 Å². The van der Waals surface area contributed by atoms with E-state index in [1.54, 1.807) is 0 Å². The average molecular weight is 411 g/mol. The summed E-state index contributed by atoms with van der Waals surface area (Å²) in [6.07, 6.45) is 12.6. The molecule has 1 aromatic heterocycles. The zero-order valence-corrected chi connectivity index (χ0v) is 17.5. The molecular formula is C21H34N2O4S. The van der Waals surface area contributed by atoms with Gasteiger partial charge in [-0.3, -0.25) is 4.55 Å². The number of H-pyrrole nitrogens is 1. The summed E-state index contributed by atoms with van der Waals surface area (Å²) in [4.78, 5) is 7.90. The molecule has 0 saturated carbocycles. The molecule has 158 valence electrons. The standard InChI is InChI=1S/C21H34N2O4S/c24-16-9-7-5-3-1-2-4-6-8-12-18-13-10-14-19-21(18)23-20(22-19)15-11-17-28(25,26)27/h10,13-14,24H,1-9,11-12,15-17H2,(H,22,23)(H,25,26,27). The molecule has 1 aromatic carbocycles. The van der Waals surface area contributed by atoms with Gasteiger partial charge < -0.3 is 10.1 Å². The van der Waals surface area contributed by atoms with Gasteiger partial charge in [0.25, 0.3) is 10.1 Å². The Morgan fingerprint density at radius 1 is 0.857 bits per heavy atom. The van der Waals surface area contributed by atoms with Gasteiger partial charge in [0.15, 0.2) is 0 Å². The number of hydrogen-bond donors (Lipinski definition) is 3. The lowest BCUT2D eigenvalue weighted by molar-refractivity contribution is 0.282. The number of rotatable bonds is 15. The summed E-state index contributed by atoms with van der Waals surface area (Å²) < 4.78 is 30.5.